The first-order valence-electron chi connectivity index (χ1n) is 8.24. The molecule has 0 spiro atoms. The van der Waals surface area contributed by atoms with E-state index in [4.69, 9.17) is 10.5 Å². The summed E-state index contributed by atoms with van der Waals surface area (Å²) in [6.07, 6.45) is 1.86. The highest BCUT2D eigenvalue weighted by Gasteiger charge is 2.09. The summed E-state index contributed by atoms with van der Waals surface area (Å²) in [5.41, 5.74) is 7.19. The molecule has 6 nitrogen and oxygen atoms in total. The number of nitrogen functional groups attached to an aromatic ring is 1. The number of carbonyl (C=O) groups is 1. The van der Waals surface area contributed by atoms with Crippen LogP contribution >= 0.6 is 0 Å². The highest BCUT2D eigenvalue weighted by Crippen LogP contribution is 2.26. The molecule has 0 aliphatic carbocycles. The zero-order valence-electron chi connectivity index (χ0n) is 14.0. The Balaban J connectivity index is 1.76. The lowest BCUT2D eigenvalue weighted by Gasteiger charge is -2.10. The lowest BCUT2D eigenvalue weighted by atomic mass is 10.1. The minimum atomic E-state index is -0.308. The van der Waals surface area contributed by atoms with Gasteiger partial charge in [0.2, 0.25) is 0 Å². The Kier molecular flexibility index (Phi) is 5.09. The molecule has 3 rings (SSSR count). The van der Waals surface area contributed by atoms with Gasteiger partial charge in [-0.25, -0.2) is 4.79 Å². The number of anilines is 3. The lowest BCUT2D eigenvalue weighted by Crippen LogP contribution is -2.06. The number of carbonyl (C=O) groups excluding carboxylic acids is 1. The maximum absolute atomic E-state index is 11.9. The Bertz CT molecular complexity index is 878. The maximum Gasteiger partial charge on any atom is 0.338 e. The molecule has 0 amide bonds. The van der Waals surface area contributed by atoms with E-state index in [0.717, 1.165) is 29.3 Å². The van der Waals surface area contributed by atoms with Crippen molar-refractivity contribution >= 4 is 34.1 Å². The average Bonchev–Trinajstić information content (AvgIpc) is 2.65. The van der Waals surface area contributed by atoms with Crippen LogP contribution in [0.4, 0.5) is 17.3 Å². The van der Waals surface area contributed by atoms with Crippen LogP contribution in [0, 0.1) is 0 Å². The first-order valence-corrected chi connectivity index (χ1v) is 8.24. The summed E-state index contributed by atoms with van der Waals surface area (Å²) in [5, 5.41) is 13.1. The summed E-state index contributed by atoms with van der Waals surface area (Å²) in [4.78, 5) is 11.9. The van der Waals surface area contributed by atoms with Gasteiger partial charge >= 0.3 is 5.97 Å². The van der Waals surface area contributed by atoms with Crippen molar-refractivity contribution in [1.29, 1.82) is 0 Å². The first kappa shape index (κ1) is 16.7. The van der Waals surface area contributed by atoms with Crippen LogP contribution in [0.25, 0.3) is 10.8 Å². The second-order valence-corrected chi connectivity index (χ2v) is 5.67. The molecule has 0 aliphatic rings. The van der Waals surface area contributed by atoms with Crippen molar-refractivity contribution in [3.63, 3.8) is 0 Å². The molecule has 0 saturated heterocycles. The summed E-state index contributed by atoms with van der Waals surface area (Å²) in [7, 11) is 0. The lowest BCUT2D eigenvalue weighted by molar-refractivity contribution is 0.0500. The molecule has 0 atom stereocenters. The second-order valence-electron chi connectivity index (χ2n) is 5.67. The molecule has 0 saturated carbocycles. The van der Waals surface area contributed by atoms with Gasteiger partial charge in [-0.3, -0.25) is 0 Å². The molecule has 0 radical (unpaired) electrons. The van der Waals surface area contributed by atoms with Crippen LogP contribution in [0.5, 0.6) is 0 Å². The number of nitrogens with two attached hydrogens (primary N) is 1. The fourth-order valence-electron chi connectivity index (χ4n) is 2.44. The van der Waals surface area contributed by atoms with Gasteiger partial charge in [0.1, 0.15) is 0 Å². The number of hydrogen-bond donors (Lipinski definition) is 2. The normalized spacial score (nSPS) is 10.6. The predicted molar refractivity (Wildman–Crippen MR) is 98.9 cm³/mol. The molecule has 6 heteroatoms. The minimum Gasteiger partial charge on any atom is -0.462 e. The van der Waals surface area contributed by atoms with Crippen LogP contribution in [-0.2, 0) is 4.74 Å². The van der Waals surface area contributed by atoms with E-state index >= 15 is 0 Å². The Morgan fingerprint density at radius 2 is 1.80 bits per heavy atom. The second kappa shape index (κ2) is 7.61. The van der Waals surface area contributed by atoms with Gasteiger partial charge in [-0.1, -0.05) is 37.6 Å². The quantitative estimate of drug-likeness (QED) is 0.524. The van der Waals surface area contributed by atoms with Crippen LogP contribution in [0.3, 0.4) is 0 Å². The average molecular weight is 336 g/mol. The van der Waals surface area contributed by atoms with E-state index in [1.54, 1.807) is 12.1 Å². The summed E-state index contributed by atoms with van der Waals surface area (Å²) in [6, 6.07) is 14.7. The number of rotatable bonds is 6. The summed E-state index contributed by atoms with van der Waals surface area (Å²) in [5.74, 6) is 0.701. The van der Waals surface area contributed by atoms with E-state index in [-0.39, 0.29) is 5.97 Å². The minimum absolute atomic E-state index is 0.308. The van der Waals surface area contributed by atoms with Gasteiger partial charge in [-0.05, 0) is 30.7 Å². The van der Waals surface area contributed by atoms with Crippen LogP contribution in [-0.4, -0.2) is 22.8 Å². The van der Waals surface area contributed by atoms with Crippen molar-refractivity contribution in [1.82, 2.24) is 10.2 Å². The SMILES string of the molecule is CCCCOC(=O)c1ccc(Nc2nnc(N)c3ccccc23)cc1. The molecule has 0 unspecified atom stereocenters. The number of nitrogens with one attached hydrogen (secondary N) is 1. The number of benzene rings is 2. The Labute approximate surface area is 146 Å². The Morgan fingerprint density at radius 3 is 2.52 bits per heavy atom. The zero-order valence-corrected chi connectivity index (χ0v) is 14.0. The topological polar surface area (TPSA) is 90.1 Å². The summed E-state index contributed by atoms with van der Waals surface area (Å²) >= 11 is 0. The van der Waals surface area contributed by atoms with E-state index in [0.29, 0.717) is 23.8 Å². The van der Waals surface area contributed by atoms with Gasteiger partial charge in [0.15, 0.2) is 11.6 Å². The fourth-order valence-corrected chi connectivity index (χ4v) is 2.44. The third kappa shape index (κ3) is 3.85. The number of aromatic nitrogens is 2. The Hall–Kier alpha value is -3.15. The van der Waals surface area contributed by atoms with Gasteiger partial charge in [0.05, 0.1) is 12.2 Å². The maximum atomic E-state index is 11.9. The van der Waals surface area contributed by atoms with E-state index in [1.165, 1.54) is 0 Å². The summed E-state index contributed by atoms with van der Waals surface area (Å²) in [6.45, 7) is 2.50. The largest absolute Gasteiger partial charge is 0.462 e. The van der Waals surface area contributed by atoms with Crippen LogP contribution in [0.15, 0.2) is 48.5 Å². The fraction of sp³-hybridized carbons (Fsp3) is 0.211. The molecular weight excluding hydrogens is 316 g/mol. The molecule has 0 aliphatic heterocycles. The van der Waals surface area contributed by atoms with Crippen molar-refractivity contribution in [2.45, 2.75) is 19.8 Å². The summed E-state index contributed by atoms with van der Waals surface area (Å²) < 4.78 is 5.20. The number of unbranched alkanes of at least 4 members (excludes halogenated alkanes) is 1. The van der Waals surface area contributed by atoms with Crippen molar-refractivity contribution in [2.24, 2.45) is 0 Å². The number of hydrogen-bond acceptors (Lipinski definition) is 6. The van der Waals surface area contributed by atoms with E-state index in [1.807, 2.05) is 36.4 Å². The number of ether oxygens (including phenoxy) is 1. The van der Waals surface area contributed by atoms with Gasteiger partial charge < -0.3 is 15.8 Å². The molecule has 2 aromatic carbocycles. The molecule has 0 bridgehead atoms. The van der Waals surface area contributed by atoms with E-state index in [2.05, 4.69) is 22.4 Å². The third-order valence-electron chi connectivity index (χ3n) is 3.83. The molecule has 1 aromatic heterocycles. The molecule has 0 fully saturated rings. The number of fused-ring (bicyclic) bond motifs is 1. The van der Waals surface area contributed by atoms with E-state index < -0.39 is 0 Å². The smallest absolute Gasteiger partial charge is 0.338 e. The zero-order chi connectivity index (χ0) is 17.6. The van der Waals surface area contributed by atoms with Crippen molar-refractivity contribution in [2.75, 3.05) is 17.7 Å². The van der Waals surface area contributed by atoms with Crippen molar-refractivity contribution < 1.29 is 9.53 Å². The standard InChI is InChI=1S/C19H20N4O2/c1-2-3-12-25-19(24)13-8-10-14(11-9-13)21-18-16-7-5-4-6-15(16)17(20)22-23-18/h4-11H,2-3,12H2,1H3,(H2,20,22)(H,21,23). The van der Waals surface area contributed by atoms with Crippen LogP contribution in [0.1, 0.15) is 30.1 Å². The highest BCUT2D eigenvalue weighted by atomic mass is 16.5. The molecule has 3 N–H and O–H groups in total. The molecule has 25 heavy (non-hydrogen) atoms. The Morgan fingerprint density at radius 1 is 1.08 bits per heavy atom. The molecule has 3 aromatic rings. The third-order valence-corrected chi connectivity index (χ3v) is 3.83. The molecular formula is C19H20N4O2. The van der Waals surface area contributed by atoms with Crippen LogP contribution in [0.2, 0.25) is 0 Å². The first-order chi connectivity index (χ1) is 12.2. The molecule has 1 heterocycles. The van der Waals surface area contributed by atoms with Crippen molar-refractivity contribution in [3.05, 3.63) is 54.1 Å². The molecule has 128 valence electrons. The predicted octanol–water partition coefficient (Wildman–Crippen LogP) is 3.91. The van der Waals surface area contributed by atoms with Gasteiger partial charge in [0, 0.05) is 16.5 Å². The van der Waals surface area contributed by atoms with Crippen molar-refractivity contribution in [3.8, 4) is 0 Å². The van der Waals surface area contributed by atoms with Crippen LogP contribution < -0.4 is 11.1 Å². The van der Waals surface area contributed by atoms with Gasteiger partial charge in [0.25, 0.3) is 0 Å². The number of nitrogens with zero attached hydrogens (tertiary/aromatic N) is 2. The monoisotopic (exact) mass is 336 g/mol. The van der Waals surface area contributed by atoms with E-state index in [9.17, 15) is 4.79 Å². The van der Waals surface area contributed by atoms with Gasteiger partial charge in [-0.2, -0.15) is 0 Å². The van der Waals surface area contributed by atoms with Gasteiger partial charge in [-0.15, -0.1) is 10.2 Å². The highest BCUT2D eigenvalue weighted by molar-refractivity contribution is 5.98. The number of esters is 1.